The number of halogens is 1. The molecule has 1 heterocycles. The molecule has 7 heteroatoms. The van der Waals surface area contributed by atoms with Crippen molar-refractivity contribution in [1.82, 2.24) is 10.4 Å². The zero-order valence-corrected chi connectivity index (χ0v) is 12.2. The van der Waals surface area contributed by atoms with Gasteiger partial charge >= 0.3 is 0 Å². The maximum Gasteiger partial charge on any atom is 0.241 e. The molecule has 0 saturated carbocycles. The molecule has 1 aromatic heterocycles. The fourth-order valence-corrected chi connectivity index (χ4v) is 1.99. The van der Waals surface area contributed by atoms with Crippen LogP contribution in [0.25, 0.3) is 0 Å². The lowest BCUT2D eigenvalue weighted by Crippen LogP contribution is -2.31. The van der Waals surface area contributed by atoms with Gasteiger partial charge in [0.05, 0.1) is 24.2 Å². The smallest absolute Gasteiger partial charge is 0.241 e. The van der Waals surface area contributed by atoms with Gasteiger partial charge in [-0.2, -0.15) is 5.26 Å². The summed E-state index contributed by atoms with van der Waals surface area (Å²) in [6.07, 6.45) is -1.01. The van der Waals surface area contributed by atoms with E-state index in [0.717, 1.165) is 0 Å². The quantitative estimate of drug-likeness (QED) is 0.580. The minimum Gasteiger partial charge on any atom is -0.388 e. The van der Waals surface area contributed by atoms with E-state index in [1.807, 2.05) is 12.1 Å². The van der Waals surface area contributed by atoms with Crippen LogP contribution in [0.5, 0.6) is 0 Å². The molecule has 0 saturated heterocycles. The number of anilines is 1. The van der Waals surface area contributed by atoms with Crippen molar-refractivity contribution < 1.29 is 9.90 Å². The minimum atomic E-state index is -0.898. The Bertz CT molecular complexity index is 700. The summed E-state index contributed by atoms with van der Waals surface area (Å²) >= 11 is 5.75. The van der Waals surface area contributed by atoms with Crippen LogP contribution in [0.1, 0.15) is 23.7 Å². The first-order valence-corrected chi connectivity index (χ1v) is 6.82. The molecule has 0 fully saturated rings. The molecule has 6 nitrogen and oxygen atoms in total. The van der Waals surface area contributed by atoms with Crippen LogP contribution in [0.4, 0.5) is 5.82 Å². The molecule has 1 amide bonds. The van der Waals surface area contributed by atoms with Gasteiger partial charge in [0.25, 0.3) is 0 Å². The Morgan fingerprint density at radius 1 is 1.36 bits per heavy atom. The van der Waals surface area contributed by atoms with Crippen molar-refractivity contribution in [2.24, 2.45) is 0 Å². The summed E-state index contributed by atoms with van der Waals surface area (Å²) in [6, 6.07) is 13.7. The van der Waals surface area contributed by atoms with E-state index in [4.69, 9.17) is 16.9 Å². The van der Waals surface area contributed by atoms with Crippen molar-refractivity contribution in [3.05, 3.63) is 58.7 Å². The van der Waals surface area contributed by atoms with E-state index in [0.29, 0.717) is 11.1 Å². The molecule has 0 aliphatic heterocycles. The molecule has 1 atom stereocenters. The molecule has 0 aliphatic rings. The zero-order chi connectivity index (χ0) is 15.9. The number of aromatic nitrogens is 1. The average molecular weight is 317 g/mol. The van der Waals surface area contributed by atoms with E-state index in [9.17, 15) is 9.90 Å². The third-order valence-electron chi connectivity index (χ3n) is 2.82. The topological polar surface area (TPSA) is 98.0 Å². The van der Waals surface area contributed by atoms with Crippen molar-refractivity contribution in [3.63, 3.8) is 0 Å². The predicted molar refractivity (Wildman–Crippen MR) is 81.7 cm³/mol. The number of amides is 1. The number of hydrogen-bond donors (Lipinski definition) is 3. The van der Waals surface area contributed by atoms with Gasteiger partial charge in [-0.15, -0.1) is 0 Å². The number of nitrogens with zero attached hydrogens (tertiary/aromatic N) is 2. The molecule has 0 bridgehead atoms. The molecule has 2 aromatic rings. The van der Waals surface area contributed by atoms with Gasteiger partial charge in [-0.1, -0.05) is 41.9 Å². The van der Waals surface area contributed by atoms with Gasteiger partial charge in [-0.3, -0.25) is 15.6 Å². The number of carbonyl (C=O) groups excluding carboxylic acids is 1. The van der Waals surface area contributed by atoms with E-state index >= 15 is 0 Å². The Labute approximate surface area is 132 Å². The van der Waals surface area contributed by atoms with Gasteiger partial charge in [0.1, 0.15) is 11.0 Å². The second-order valence-electron chi connectivity index (χ2n) is 4.48. The van der Waals surface area contributed by atoms with Crippen LogP contribution in [0, 0.1) is 11.3 Å². The number of aliphatic hydroxyl groups excluding tert-OH is 1. The number of nitrogens with one attached hydrogen (secondary N) is 2. The SMILES string of the molecule is N#Cc1cc(Cl)nc(NNC(=O)CC(O)c2ccccc2)c1. The number of benzene rings is 1. The van der Waals surface area contributed by atoms with Crippen LogP contribution in [-0.2, 0) is 4.79 Å². The maximum absolute atomic E-state index is 11.8. The molecule has 112 valence electrons. The normalized spacial score (nSPS) is 11.3. The van der Waals surface area contributed by atoms with Crippen LogP contribution in [-0.4, -0.2) is 16.0 Å². The van der Waals surface area contributed by atoms with Gasteiger partial charge in [-0.25, -0.2) is 4.98 Å². The first-order chi connectivity index (χ1) is 10.6. The largest absolute Gasteiger partial charge is 0.388 e. The standard InChI is InChI=1S/C15H13ClN4O2/c16-13-6-10(9-17)7-14(18-13)19-20-15(22)8-12(21)11-4-2-1-3-5-11/h1-7,12,21H,8H2,(H,18,19)(H,20,22). The van der Waals surface area contributed by atoms with Gasteiger partial charge in [-0.05, 0) is 11.6 Å². The number of hydrazine groups is 1. The van der Waals surface area contributed by atoms with Crippen molar-refractivity contribution >= 4 is 23.3 Å². The van der Waals surface area contributed by atoms with Crippen LogP contribution in [0.2, 0.25) is 5.15 Å². The fraction of sp³-hybridized carbons (Fsp3) is 0.133. The lowest BCUT2D eigenvalue weighted by Gasteiger charge is -2.12. The summed E-state index contributed by atoms with van der Waals surface area (Å²) in [5.41, 5.74) is 5.94. The van der Waals surface area contributed by atoms with E-state index < -0.39 is 12.0 Å². The van der Waals surface area contributed by atoms with Crippen molar-refractivity contribution in [2.75, 3.05) is 5.43 Å². The first kappa shape index (κ1) is 15.8. The van der Waals surface area contributed by atoms with E-state index in [1.54, 1.807) is 24.3 Å². The molecule has 0 radical (unpaired) electrons. The third kappa shape index (κ3) is 4.45. The summed E-state index contributed by atoms with van der Waals surface area (Å²) in [4.78, 5) is 15.7. The van der Waals surface area contributed by atoms with Crippen LogP contribution in [0.15, 0.2) is 42.5 Å². The summed E-state index contributed by atoms with van der Waals surface area (Å²) in [5.74, 6) is -0.178. The highest BCUT2D eigenvalue weighted by molar-refractivity contribution is 6.29. The number of hydrogen-bond acceptors (Lipinski definition) is 5. The summed E-state index contributed by atoms with van der Waals surface area (Å²) in [7, 11) is 0. The molecule has 0 aliphatic carbocycles. The number of aliphatic hydroxyl groups is 1. The molecular formula is C15H13ClN4O2. The Morgan fingerprint density at radius 2 is 2.09 bits per heavy atom. The first-order valence-electron chi connectivity index (χ1n) is 6.44. The summed E-state index contributed by atoms with van der Waals surface area (Å²) in [5, 5.41) is 18.9. The van der Waals surface area contributed by atoms with Gasteiger partial charge in [0, 0.05) is 6.07 Å². The fourth-order valence-electron chi connectivity index (χ4n) is 1.78. The second-order valence-corrected chi connectivity index (χ2v) is 4.87. The highest BCUT2D eigenvalue weighted by Crippen LogP contribution is 2.16. The third-order valence-corrected chi connectivity index (χ3v) is 3.01. The maximum atomic E-state index is 11.8. The Balaban J connectivity index is 1.91. The van der Waals surface area contributed by atoms with Crippen molar-refractivity contribution in [2.45, 2.75) is 12.5 Å². The molecular weight excluding hydrogens is 304 g/mol. The Hall–Kier alpha value is -2.62. The summed E-state index contributed by atoms with van der Waals surface area (Å²) < 4.78 is 0. The average Bonchev–Trinajstić information content (AvgIpc) is 2.53. The molecule has 3 N–H and O–H groups in total. The van der Waals surface area contributed by atoms with Gasteiger partial charge in [0.2, 0.25) is 5.91 Å². The summed E-state index contributed by atoms with van der Waals surface area (Å²) in [6.45, 7) is 0. The van der Waals surface area contributed by atoms with Crippen molar-refractivity contribution in [3.8, 4) is 6.07 Å². The van der Waals surface area contributed by atoms with Crippen molar-refractivity contribution in [1.29, 1.82) is 5.26 Å². The highest BCUT2D eigenvalue weighted by atomic mass is 35.5. The second kappa shape index (κ2) is 7.41. The molecule has 2 rings (SSSR count). The van der Waals surface area contributed by atoms with Gasteiger partial charge in [0.15, 0.2) is 0 Å². The van der Waals surface area contributed by atoms with Crippen LogP contribution in [0.3, 0.4) is 0 Å². The monoisotopic (exact) mass is 316 g/mol. The van der Waals surface area contributed by atoms with E-state index in [1.165, 1.54) is 12.1 Å². The number of carbonyl (C=O) groups is 1. The number of pyridine rings is 1. The number of nitriles is 1. The lowest BCUT2D eigenvalue weighted by molar-refractivity contribution is -0.122. The zero-order valence-electron chi connectivity index (χ0n) is 11.5. The highest BCUT2D eigenvalue weighted by Gasteiger charge is 2.12. The van der Waals surface area contributed by atoms with Gasteiger partial charge < -0.3 is 5.11 Å². The van der Waals surface area contributed by atoms with Crippen LogP contribution < -0.4 is 10.9 Å². The van der Waals surface area contributed by atoms with E-state index in [2.05, 4.69) is 15.8 Å². The molecule has 1 unspecified atom stereocenters. The molecule has 0 spiro atoms. The predicted octanol–water partition coefficient (Wildman–Crippen LogP) is 2.17. The number of rotatable bonds is 5. The van der Waals surface area contributed by atoms with Crippen LogP contribution >= 0.6 is 11.6 Å². The minimum absolute atomic E-state index is 0.108. The molecule has 22 heavy (non-hydrogen) atoms. The lowest BCUT2D eigenvalue weighted by atomic mass is 10.1. The molecule has 1 aromatic carbocycles. The Kier molecular flexibility index (Phi) is 5.31. The van der Waals surface area contributed by atoms with E-state index in [-0.39, 0.29) is 17.4 Å². The Morgan fingerprint density at radius 3 is 2.77 bits per heavy atom.